The van der Waals surface area contributed by atoms with Crippen LogP contribution in [0.25, 0.3) is 0 Å². The number of carbonyl (C=O) groups is 1. The van der Waals surface area contributed by atoms with Gasteiger partial charge >= 0.3 is 0 Å². The molecule has 6 heteroatoms. The monoisotopic (exact) mass is 384 g/mol. The highest BCUT2D eigenvalue weighted by Crippen LogP contribution is 2.32. The Kier molecular flexibility index (Phi) is 4.68. The van der Waals surface area contributed by atoms with Gasteiger partial charge in [-0.3, -0.25) is 4.79 Å². The number of rotatable bonds is 3. The quantitative estimate of drug-likeness (QED) is 0.817. The van der Waals surface area contributed by atoms with Gasteiger partial charge in [-0.2, -0.15) is 0 Å². The summed E-state index contributed by atoms with van der Waals surface area (Å²) in [5.41, 5.74) is 3.34. The van der Waals surface area contributed by atoms with E-state index in [1.165, 1.54) is 11.8 Å². The number of hydrogen-bond acceptors (Lipinski definition) is 4. The molecule has 0 saturated carbocycles. The predicted octanol–water partition coefficient (Wildman–Crippen LogP) is 2.90. The van der Waals surface area contributed by atoms with Crippen LogP contribution in [-0.4, -0.2) is 40.2 Å². The predicted molar refractivity (Wildman–Crippen MR) is 107 cm³/mol. The third kappa shape index (κ3) is 3.58. The Morgan fingerprint density at radius 2 is 1.63 bits per heavy atom. The molecule has 1 amide bonds. The summed E-state index contributed by atoms with van der Waals surface area (Å²) >= 11 is 0. The molecule has 2 aliphatic rings. The van der Waals surface area contributed by atoms with Gasteiger partial charge in [0.05, 0.1) is 4.90 Å². The fourth-order valence-corrected chi connectivity index (χ4v) is 4.71. The molecular weight excluding hydrogens is 360 g/mol. The zero-order valence-electron chi connectivity index (χ0n) is 15.5. The number of anilines is 2. The van der Waals surface area contributed by atoms with E-state index < -0.39 is 9.84 Å². The van der Waals surface area contributed by atoms with Crippen LogP contribution in [0.2, 0.25) is 0 Å². The molecule has 142 valence electrons. The van der Waals surface area contributed by atoms with Crippen molar-refractivity contribution in [1.29, 1.82) is 0 Å². The Morgan fingerprint density at radius 3 is 2.30 bits per heavy atom. The van der Waals surface area contributed by atoms with Gasteiger partial charge in [-0.1, -0.05) is 18.2 Å². The van der Waals surface area contributed by atoms with Gasteiger partial charge in [-0.25, -0.2) is 8.42 Å². The molecule has 2 aromatic rings. The largest absolute Gasteiger partial charge is 0.371 e. The lowest BCUT2D eigenvalue weighted by molar-refractivity contribution is -0.122. The topological polar surface area (TPSA) is 57.7 Å². The molecular formula is C21H24N2O3S. The molecule has 4 rings (SSSR count). The van der Waals surface area contributed by atoms with Gasteiger partial charge in [-0.15, -0.1) is 0 Å². The first-order valence-electron chi connectivity index (χ1n) is 9.38. The molecule has 0 spiro atoms. The number of benzene rings is 2. The Labute approximate surface area is 160 Å². The molecule has 0 bridgehead atoms. The summed E-state index contributed by atoms with van der Waals surface area (Å²) in [6, 6.07) is 15.2. The summed E-state index contributed by atoms with van der Waals surface area (Å²) in [5, 5.41) is 0. The maximum absolute atomic E-state index is 13.0. The number of sulfone groups is 1. The van der Waals surface area contributed by atoms with E-state index in [9.17, 15) is 13.2 Å². The first-order valence-corrected chi connectivity index (χ1v) is 11.3. The molecule has 0 aliphatic carbocycles. The molecule has 0 unspecified atom stereocenters. The van der Waals surface area contributed by atoms with Crippen molar-refractivity contribution in [3.05, 3.63) is 54.1 Å². The van der Waals surface area contributed by atoms with Crippen LogP contribution in [0.15, 0.2) is 53.4 Å². The first-order chi connectivity index (χ1) is 12.9. The van der Waals surface area contributed by atoms with Crippen molar-refractivity contribution in [3.8, 4) is 0 Å². The fraction of sp³-hybridized carbons (Fsp3) is 0.381. The average molecular weight is 385 g/mol. The summed E-state index contributed by atoms with van der Waals surface area (Å²) in [6.45, 7) is 2.40. The molecule has 0 atom stereocenters. The van der Waals surface area contributed by atoms with Gasteiger partial charge in [0, 0.05) is 43.2 Å². The van der Waals surface area contributed by atoms with Crippen LogP contribution in [0.3, 0.4) is 0 Å². The average Bonchev–Trinajstić information content (AvgIpc) is 3.11. The van der Waals surface area contributed by atoms with Crippen LogP contribution in [0.4, 0.5) is 11.4 Å². The maximum Gasteiger partial charge on any atom is 0.230 e. The summed E-state index contributed by atoms with van der Waals surface area (Å²) in [5.74, 6) is 0.301. The number of para-hydroxylation sites is 1. The van der Waals surface area contributed by atoms with Gasteiger partial charge in [0.25, 0.3) is 0 Å². The van der Waals surface area contributed by atoms with Crippen molar-refractivity contribution in [3.63, 3.8) is 0 Å². The van der Waals surface area contributed by atoms with Crippen molar-refractivity contribution >= 4 is 27.1 Å². The van der Waals surface area contributed by atoms with E-state index in [1.54, 1.807) is 12.1 Å². The molecule has 5 nitrogen and oxygen atoms in total. The second-order valence-corrected chi connectivity index (χ2v) is 9.41. The lowest BCUT2D eigenvalue weighted by Crippen LogP contribution is -2.42. The van der Waals surface area contributed by atoms with E-state index in [-0.39, 0.29) is 11.8 Å². The highest BCUT2D eigenvalue weighted by molar-refractivity contribution is 7.90. The zero-order chi connectivity index (χ0) is 19.0. The molecule has 1 fully saturated rings. The SMILES string of the molecule is CS(=O)(=O)c1ccc(N2CCC(C(=O)N3CCc4ccccc43)CC2)cc1. The van der Waals surface area contributed by atoms with Crippen molar-refractivity contribution < 1.29 is 13.2 Å². The van der Waals surface area contributed by atoms with Gasteiger partial charge < -0.3 is 9.80 Å². The van der Waals surface area contributed by atoms with E-state index in [1.807, 2.05) is 35.2 Å². The molecule has 0 aromatic heterocycles. The number of nitrogens with zero attached hydrogens (tertiary/aromatic N) is 2. The summed E-state index contributed by atoms with van der Waals surface area (Å²) in [6.07, 6.45) is 3.81. The van der Waals surface area contributed by atoms with Gasteiger partial charge in [0.2, 0.25) is 5.91 Å². The number of fused-ring (bicyclic) bond motifs is 1. The number of piperidine rings is 1. The van der Waals surface area contributed by atoms with Crippen molar-refractivity contribution in [2.45, 2.75) is 24.2 Å². The van der Waals surface area contributed by atoms with Gasteiger partial charge in [-0.05, 0) is 55.2 Å². The van der Waals surface area contributed by atoms with Gasteiger partial charge in [0.15, 0.2) is 9.84 Å². The molecule has 2 heterocycles. The minimum Gasteiger partial charge on any atom is -0.371 e. The molecule has 2 aromatic carbocycles. The highest BCUT2D eigenvalue weighted by Gasteiger charge is 2.32. The van der Waals surface area contributed by atoms with E-state index in [4.69, 9.17) is 0 Å². The van der Waals surface area contributed by atoms with Crippen molar-refractivity contribution in [2.75, 3.05) is 35.7 Å². The Morgan fingerprint density at radius 1 is 0.963 bits per heavy atom. The Bertz CT molecular complexity index is 946. The van der Waals surface area contributed by atoms with Crippen LogP contribution >= 0.6 is 0 Å². The van der Waals surface area contributed by atoms with Crippen LogP contribution in [0.1, 0.15) is 18.4 Å². The molecule has 0 radical (unpaired) electrons. The summed E-state index contributed by atoms with van der Waals surface area (Å²) in [7, 11) is -3.17. The van der Waals surface area contributed by atoms with Gasteiger partial charge in [0.1, 0.15) is 0 Å². The smallest absolute Gasteiger partial charge is 0.230 e. The minimum atomic E-state index is -3.17. The second kappa shape index (κ2) is 7.00. The van der Waals surface area contributed by atoms with Crippen LogP contribution in [-0.2, 0) is 21.1 Å². The number of carbonyl (C=O) groups excluding carboxylic acids is 1. The lowest BCUT2D eigenvalue weighted by atomic mass is 9.94. The zero-order valence-corrected chi connectivity index (χ0v) is 16.3. The fourth-order valence-electron chi connectivity index (χ4n) is 4.08. The minimum absolute atomic E-state index is 0.0581. The standard InChI is InChI=1S/C21H24N2O3S/c1-27(25,26)19-8-6-18(7-9-19)22-13-10-17(11-14-22)21(24)23-15-12-16-4-2-3-5-20(16)23/h2-9,17H,10-15H2,1H3. The van der Waals surface area contributed by atoms with Crippen LogP contribution < -0.4 is 9.80 Å². The van der Waals surface area contributed by atoms with Crippen molar-refractivity contribution in [1.82, 2.24) is 0 Å². The lowest BCUT2D eigenvalue weighted by Gasteiger charge is -2.34. The van der Waals surface area contributed by atoms with E-state index in [0.29, 0.717) is 4.90 Å². The number of hydrogen-bond donors (Lipinski definition) is 0. The molecule has 27 heavy (non-hydrogen) atoms. The summed E-state index contributed by atoms with van der Waals surface area (Å²) in [4.78, 5) is 17.5. The third-order valence-electron chi connectivity index (χ3n) is 5.63. The van der Waals surface area contributed by atoms with Crippen molar-refractivity contribution in [2.24, 2.45) is 5.92 Å². The highest BCUT2D eigenvalue weighted by atomic mass is 32.2. The molecule has 0 N–H and O–H groups in total. The second-order valence-electron chi connectivity index (χ2n) is 7.40. The van der Waals surface area contributed by atoms with E-state index in [2.05, 4.69) is 11.0 Å². The first kappa shape index (κ1) is 18.0. The van der Waals surface area contributed by atoms with E-state index >= 15 is 0 Å². The maximum atomic E-state index is 13.0. The van der Waals surface area contributed by atoms with Crippen LogP contribution in [0.5, 0.6) is 0 Å². The molecule has 1 saturated heterocycles. The summed E-state index contributed by atoms with van der Waals surface area (Å²) < 4.78 is 23.2. The molecule has 2 aliphatic heterocycles. The Hall–Kier alpha value is -2.34. The normalized spacial score (nSPS) is 17.8. The number of amides is 1. The third-order valence-corrected chi connectivity index (χ3v) is 6.76. The Balaban J connectivity index is 1.40. The van der Waals surface area contributed by atoms with Crippen LogP contribution in [0, 0.1) is 5.92 Å². The van der Waals surface area contributed by atoms with E-state index in [0.717, 1.165) is 50.3 Å².